The van der Waals surface area contributed by atoms with Crippen molar-refractivity contribution in [3.8, 4) is 0 Å². The summed E-state index contributed by atoms with van der Waals surface area (Å²) in [6, 6.07) is 3.18. The maximum Gasteiger partial charge on any atom is 0.271 e. The first-order valence-corrected chi connectivity index (χ1v) is 5.27. The van der Waals surface area contributed by atoms with E-state index >= 15 is 0 Å². The number of primary amides is 1. The van der Waals surface area contributed by atoms with Gasteiger partial charge >= 0.3 is 0 Å². The van der Waals surface area contributed by atoms with Gasteiger partial charge in [-0.1, -0.05) is 0 Å². The quantitative estimate of drug-likeness (QED) is 0.618. The Balaban J connectivity index is 2.50. The average molecular weight is 237 g/mol. The van der Waals surface area contributed by atoms with E-state index in [9.17, 15) is 9.59 Å². The number of nitrogens with one attached hydrogen (secondary N) is 2. The first kappa shape index (κ1) is 12.9. The SMILES string of the molecule is CCNC(=O)c1ccc(NCCC(N)=O)nn1. The molecule has 17 heavy (non-hydrogen) atoms. The molecule has 0 aromatic carbocycles. The van der Waals surface area contributed by atoms with E-state index < -0.39 is 0 Å². The lowest BCUT2D eigenvalue weighted by molar-refractivity contribution is -0.117. The molecule has 0 saturated heterocycles. The van der Waals surface area contributed by atoms with Crippen LogP contribution in [0.15, 0.2) is 12.1 Å². The zero-order valence-electron chi connectivity index (χ0n) is 9.56. The molecule has 1 rings (SSSR count). The van der Waals surface area contributed by atoms with Gasteiger partial charge in [-0.25, -0.2) is 0 Å². The lowest BCUT2D eigenvalue weighted by Gasteiger charge is -2.04. The molecule has 0 aliphatic carbocycles. The Morgan fingerprint density at radius 2 is 2.12 bits per heavy atom. The third kappa shape index (κ3) is 4.45. The fraction of sp³-hybridized carbons (Fsp3) is 0.400. The molecule has 1 aromatic rings. The Morgan fingerprint density at radius 1 is 1.35 bits per heavy atom. The number of carbonyl (C=O) groups excluding carboxylic acids is 2. The maximum absolute atomic E-state index is 11.4. The van der Waals surface area contributed by atoms with Gasteiger partial charge in [0.1, 0.15) is 5.82 Å². The summed E-state index contributed by atoms with van der Waals surface area (Å²) < 4.78 is 0. The number of carbonyl (C=O) groups is 2. The van der Waals surface area contributed by atoms with Gasteiger partial charge in [-0.15, -0.1) is 10.2 Å². The van der Waals surface area contributed by atoms with E-state index in [1.165, 1.54) is 0 Å². The van der Waals surface area contributed by atoms with Gasteiger partial charge in [0.05, 0.1) is 0 Å². The normalized spacial score (nSPS) is 9.71. The third-order valence-electron chi connectivity index (χ3n) is 1.91. The molecule has 0 bridgehead atoms. The van der Waals surface area contributed by atoms with Gasteiger partial charge in [0, 0.05) is 19.5 Å². The van der Waals surface area contributed by atoms with Crippen LogP contribution in [0.25, 0.3) is 0 Å². The van der Waals surface area contributed by atoms with E-state index in [1.54, 1.807) is 12.1 Å². The van der Waals surface area contributed by atoms with Crippen molar-refractivity contribution in [2.24, 2.45) is 5.73 Å². The maximum atomic E-state index is 11.4. The van der Waals surface area contributed by atoms with Crippen LogP contribution in [0.4, 0.5) is 5.82 Å². The van der Waals surface area contributed by atoms with Gasteiger partial charge in [-0.3, -0.25) is 9.59 Å². The average Bonchev–Trinajstić information content (AvgIpc) is 2.30. The van der Waals surface area contributed by atoms with Crippen LogP contribution in [0.5, 0.6) is 0 Å². The summed E-state index contributed by atoms with van der Waals surface area (Å²) >= 11 is 0. The summed E-state index contributed by atoms with van der Waals surface area (Å²) in [6.07, 6.45) is 0.222. The van der Waals surface area contributed by atoms with Crippen molar-refractivity contribution in [2.45, 2.75) is 13.3 Å². The van der Waals surface area contributed by atoms with Crippen LogP contribution >= 0.6 is 0 Å². The van der Waals surface area contributed by atoms with Gasteiger partial charge in [-0.05, 0) is 19.1 Å². The molecule has 0 spiro atoms. The van der Waals surface area contributed by atoms with Gasteiger partial charge < -0.3 is 16.4 Å². The topological polar surface area (TPSA) is 110 Å². The van der Waals surface area contributed by atoms with Crippen LogP contribution in [0.3, 0.4) is 0 Å². The minimum atomic E-state index is -0.385. The van der Waals surface area contributed by atoms with Crippen molar-refractivity contribution >= 4 is 17.6 Å². The van der Waals surface area contributed by atoms with Gasteiger partial charge in [0.25, 0.3) is 5.91 Å². The summed E-state index contributed by atoms with van der Waals surface area (Å²) in [5.74, 6) is -0.146. The minimum Gasteiger partial charge on any atom is -0.370 e. The number of aromatic nitrogens is 2. The lowest BCUT2D eigenvalue weighted by Crippen LogP contribution is -2.24. The predicted molar refractivity (Wildman–Crippen MR) is 62.3 cm³/mol. The standard InChI is InChI=1S/C10H15N5O2/c1-2-12-10(17)7-3-4-9(15-14-7)13-6-5-8(11)16/h3-4H,2,5-6H2,1H3,(H2,11,16)(H,12,17)(H,13,15). The van der Waals surface area contributed by atoms with Crippen molar-refractivity contribution in [3.63, 3.8) is 0 Å². The molecular formula is C10H15N5O2. The van der Waals surface area contributed by atoms with Crippen molar-refractivity contribution in [1.82, 2.24) is 15.5 Å². The second-order valence-electron chi connectivity index (χ2n) is 3.31. The first-order valence-electron chi connectivity index (χ1n) is 5.27. The third-order valence-corrected chi connectivity index (χ3v) is 1.91. The monoisotopic (exact) mass is 237 g/mol. The molecule has 1 aromatic heterocycles. The Hall–Kier alpha value is -2.18. The highest BCUT2D eigenvalue weighted by Crippen LogP contribution is 2.01. The van der Waals surface area contributed by atoms with Crippen molar-refractivity contribution < 1.29 is 9.59 Å². The van der Waals surface area contributed by atoms with Crippen LogP contribution in [-0.2, 0) is 4.79 Å². The van der Waals surface area contributed by atoms with Crippen LogP contribution < -0.4 is 16.4 Å². The Kier molecular flexibility index (Phi) is 4.86. The highest BCUT2D eigenvalue weighted by Gasteiger charge is 2.06. The summed E-state index contributed by atoms with van der Waals surface area (Å²) in [5, 5.41) is 13.0. The molecule has 0 unspecified atom stereocenters. The van der Waals surface area contributed by atoms with Crippen molar-refractivity contribution in [1.29, 1.82) is 0 Å². The second-order valence-corrected chi connectivity index (χ2v) is 3.31. The zero-order chi connectivity index (χ0) is 12.7. The van der Waals surface area contributed by atoms with E-state index in [4.69, 9.17) is 5.73 Å². The lowest BCUT2D eigenvalue weighted by atomic mass is 10.3. The van der Waals surface area contributed by atoms with Gasteiger partial charge in [0.2, 0.25) is 5.91 Å². The fourth-order valence-corrected chi connectivity index (χ4v) is 1.11. The van der Waals surface area contributed by atoms with Crippen LogP contribution in [-0.4, -0.2) is 35.1 Å². The second kappa shape index (κ2) is 6.41. The summed E-state index contributed by atoms with van der Waals surface area (Å²) in [5.41, 5.74) is 5.24. The van der Waals surface area contributed by atoms with Crippen LogP contribution in [0.2, 0.25) is 0 Å². The fourth-order valence-electron chi connectivity index (χ4n) is 1.11. The smallest absolute Gasteiger partial charge is 0.271 e. The van der Waals surface area contributed by atoms with E-state index in [0.717, 1.165) is 0 Å². The molecular weight excluding hydrogens is 222 g/mol. The summed E-state index contributed by atoms with van der Waals surface area (Å²) in [6.45, 7) is 2.76. The number of nitrogens with two attached hydrogens (primary N) is 1. The number of nitrogens with zero attached hydrogens (tertiary/aromatic N) is 2. The summed E-state index contributed by atoms with van der Waals surface area (Å²) in [7, 11) is 0. The molecule has 0 saturated carbocycles. The molecule has 0 aliphatic rings. The molecule has 7 nitrogen and oxygen atoms in total. The molecule has 4 N–H and O–H groups in total. The summed E-state index contributed by atoms with van der Waals surface area (Å²) in [4.78, 5) is 21.9. The largest absolute Gasteiger partial charge is 0.370 e. The molecule has 1 heterocycles. The van der Waals surface area contributed by atoms with Gasteiger partial charge in [0.15, 0.2) is 5.69 Å². The number of hydrogen-bond donors (Lipinski definition) is 3. The molecule has 7 heteroatoms. The number of amides is 2. The molecule has 0 fully saturated rings. The molecule has 0 radical (unpaired) electrons. The molecule has 92 valence electrons. The van der Waals surface area contributed by atoms with Crippen molar-refractivity contribution in [3.05, 3.63) is 17.8 Å². The van der Waals surface area contributed by atoms with Crippen LogP contribution in [0.1, 0.15) is 23.8 Å². The van der Waals surface area contributed by atoms with E-state index in [0.29, 0.717) is 18.9 Å². The first-order chi connectivity index (χ1) is 8.13. The molecule has 0 aliphatic heterocycles. The minimum absolute atomic E-state index is 0.222. The zero-order valence-corrected chi connectivity index (χ0v) is 9.56. The number of rotatable bonds is 6. The highest BCUT2D eigenvalue weighted by atomic mass is 16.2. The Labute approximate surface area is 98.8 Å². The van der Waals surface area contributed by atoms with Gasteiger partial charge in [-0.2, -0.15) is 0 Å². The highest BCUT2D eigenvalue weighted by molar-refractivity contribution is 5.92. The number of anilines is 1. The van der Waals surface area contributed by atoms with Crippen LogP contribution in [0, 0.1) is 0 Å². The van der Waals surface area contributed by atoms with E-state index in [1.807, 2.05) is 6.92 Å². The van der Waals surface area contributed by atoms with Crippen molar-refractivity contribution in [2.75, 3.05) is 18.4 Å². The molecule has 0 atom stereocenters. The van der Waals surface area contributed by atoms with E-state index in [-0.39, 0.29) is 23.9 Å². The predicted octanol–water partition coefficient (Wildman–Crippen LogP) is -0.486. The Bertz CT molecular complexity index is 390. The van der Waals surface area contributed by atoms with E-state index in [2.05, 4.69) is 20.8 Å². The molecule has 2 amide bonds. The number of hydrogen-bond acceptors (Lipinski definition) is 5. The Morgan fingerprint density at radius 3 is 2.65 bits per heavy atom.